The number of benzene rings is 12. The SMILES string of the molecule is CC1(C2(C)c3ccc4ccccc4c3-c3c2cc(N(c2ccccc2)c2ccccc2)c2ccccc32)c2ccc3ccccc3c2-c2c1cc(N(c1ccccc1)c1ccccc1)c1ccccc21. The van der Waals surface area contributed by atoms with Crippen LogP contribution in [0.15, 0.2) is 255 Å². The lowest BCUT2D eigenvalue weighted by molar-refractivity contribution is 0.376. The van der Waals surface area contributed by atoms with E-state index in [4.69, 9.17) is 0 Å². The number of para-hydroxylation sites is 4. The highest BCUT2D eigenvalue weighted by molar-refractivity contribution is 6.18. The van der Waals surface area contributed by atoms with Crippen LogP contribution in [-0.4, -0.2) is 0 Å². The molecule has 2 unspecified atom stereocenters. The fourth-order valence-corrected chi connectivity index (χ4v) is 12.9. The molecule has 2 atom stereocenters. The van der Waals surface area contributed by atoms with Gasteiger partial charge in [0.1, 0.15) is 0 Å². The van der Waals surface area contributed by atoms with Gasteiger partial charge in [-0.2, -0.15) is 0 Å². The molecule has 0 amide bonds. The van der Waals surface area contributed by atoms with Crippen molar-refractivity contribution in [2.45, 2.75) is 24.7 Å². The van der Waals surface area contributed by atoms with Gasteiger partial charge in [-0.25, -0.2) is 0 Å². The molecular formula is C68H48N2. The summed E-state index contributed by atoms with van der Waals surface area (Å²) >= 11 is 0. The molecule has 0 heterocycles. The third-order valence-corrected chi connectivity index (χ3v) is 16.1. The molecule has 2 nitrogen and oxygen atoms in total. The van der Waals surface area contributed by atoms with Crippen molar-refractivity contribution in [3.8, 4) is 22.3 Å². The summed E-state index contributed by atoms with van der Waals surface area (Å²) in [6.45, 7) is 5.16. The maximum absolute atomic E-state index is 2.58. The number of hydrogen-bond donors (Lipinski definition) is 0. The van der Waals surface area contributed by atoms with E-state index in [1.807, 2.05) is 0 Å². The lowest BCUT2D eigenvalue weighted by Gasteiger charge is -2.46. The van der Waals surface area contributed by atoms with Crippen LogP contribution in [0.1, 0.15) is 36.1 Å². The minimum atomic E-state index is -0.605. The van der Waals surface area contributed by atoms with E-state index in [1.54, 1.807) is 0 Å². The molecule has 0 radical (unpaired) electrons. The predicted molar refractivity (Wildman–Crippen MR) is 296 cm³/mol. The molecule has 0 aliphatic heterocycles. The van der Waals surface area contributed by atoms with Crippen molar-refractivity contribution in [1.29, 1.82) is 0 Å². The average Bonchev–Trinajstić information content (AvgIpc) is 3.86. The quantitative estimate of drug-likeness (QED) is 0.157. The first-order valence-corrected chi connectivity index (χ1v) is 24.5. The van der Waals surface area contributed by atoms with E-state index in [-0.39, 0.29) is 0 Å². The minimum Gasteiger partial charge on any atom is -0.310 e. The van der Waals surface area contributed by atoms with Crippen LogP contribution in [0.3, 0.4) is 0 Å². The normalized spacial score (nSPS) is 16.5. The van der Waals surface area contributed by atoms with Crippen molar-refractivity contribution in [1.82, 2.24) is 0 Å². The second-order valence-corrected chi connectivity index (χ2v) is 19.4. The molecule has 0 aromatic heterocycles. The Kier molecular flexibility index (Phi) is 8.88. The van der Waals surface area contributed by atoms with Crippen molar-refractivity contribution in [3.05, 3.63) is 277 Å². The standard InChI is InChI=1S/C68H48N2/c1-67(57-41-39-45-23-15-17-33-51(45)63(57)65-55-37-21-19-35-53(55)61(43-59(65)67)69(47-25-7-3-8-26-47)48-27-9-4-10-28-48)68(2)58-42-40-46-24-16-18-34-52(46)64(58)66-56-38-22-20-36-54(56)62(44-60(66)68)70(49-29-11-5-12-30-49)50-31-13-6-14-32-50/h3-44H,1-2H3. The van der Waals surface area contributed by atoms with Crippen LogP contribution >= 0.6 is 0 Å². The molecule has 0 bridgehead atoms. The zero-order valence-electron chi connectivity index (χ0n) is 39.1. The van der Waals surface area contributed by atoms with Gasteiger partial charge < -0.3 is 9.80 Å². The summed E-state index contributed by atoms with van der Waals surface area (Å²) < 4.78 is 0. The van der Waals surface area contributed by atoms with E-state index in [0.29, 0.717) is 0 Å². The van der Waals surface area contributed by atoms with Crippen LogP contribution in [0, 0.1) is 0 Å². The van der Waals surface area contributed by atoms with Gasteiger partial charge in [0.05, 0.1) is 11.4 Å². The van der Waals surface area contributed by atoms with Gasteiger partial charge in [-0.3, -0.25) is 0 Å². The summed E-state index contributed by atoms with van der Waals surface area (Å²) in [6, 6.07) is 94.8. The van der Waals surface area contributed by atoms with Gasteiger partial charge in [0.25, 0.3) is 0 Å². The fraction of sp³-hybridized carbons (Fsp3) is 0.0588. The van der Waals surface area contributed by atoms with Gasteiger partial charge in [-0.15, -0.1) is 0 Å². The largest absolute Gasteiger partial charge is 0.310 e. The average molecular weight is 893 g/mol. The number of nitrogens with zero attached hydrogens (tertiary/aromatic N) is 2. The fourth-order valence-electron chi connectivity index (χ4n) is 12.9. The van der Waals surface area contributed by atoms with Crippen molar-refractivity contribution in [2.24, 2.45) is 0 Å². The maximum Gasteiger partial charge on any atom is 0.0543 e. The number of rotatable bonds is 7. The highest BCUT2D eigenvalue weighted by Gasteiger charge is 2.59. The first-order chi connectivity index (χ1) is 34.5. The Balaban J connectivity index is 1.16. The summed E-state index contributed by atoms with van der Waals surface area (Å²) in [6.07, 6.45) is 0. The van der Waals surface area contributed by atoms with Gasteiger partial charge >= 0.3 is 0 Å². The molecule has 0 spiro atoms. The Bertz CT molecular complexity index is 3690. The molecule has 14 rings (SSSR count). The zero-order valence-corrected chi connectivity index (χ0v) is 39.1. The van der Waals surface area contributed by atoms with Crippen molar-refractivity contribution in [2.75, 3.05) is 9.80 Å². The van der Waals surface area contributed by atoms with Gasteiger partial charge in [0, 0.05) is 44.4 Å². The summed E-state index contributed by atoms with van der Waals surface area (Å²) in [5, 5.41) is 10.0. The van der Waals surface area contributed by atoms with E-state index < -0.39 is 10.8 Å². The topological polar surface area (TPSA) is 6.48 Å². The van der Waals surface area contributed by atoms with Gasteiger partial charge in [-0.1, -0.05) is 208 Å². The summed E-state index contributed by atoms with van der Waals surface area (Å²) in [4.78, 5) is 4.94. The zero-order chi connectivity index (χ0) is 46.6. The van der Waals surface area contributed by atoms with Crippen LogP contribution < -0.4 is 9.80 Å². The molecule has 2 aliphatic rings. The third-order valence-electron chi connectivity index (χ3n) is 16.1. The third kappa shape index (κ3) is 5.56. The first-order valence-electron chi connectivity index (χ1n) is 24.5. The molecule has 0 saturated heterocycles. The lowest BCUT2D eigenvalue weighted by Crippen LogP contribution is -2.44. The molecule has 330 valence electrons. The van der Waals surface area contributed by atoms with Crippen LogP contribution in [0.25, 0.3) is 65.3 Å². The summed E-state index contributed by atoms with van der Waals surface area (Å²) in [5.41, 5.74) is 16.3. The van der Waals surface area contributed by atoms with Gasteiger partial charge in [-0.05, 0) is 137 Å². The highest BCUT2D eigenvalue weighted by Crippen LogP contribution is 2.69. The maximum atomic E-state index is 2.58. The summed E-state index contributed by atoms with van der Waals surface area (Å²) in [5.74, 6) is 0. The molecule has 12 aromatic rings. The molecular weight excluding hydrogens is 845 g/mol. The Morgan fingerprint density at radius 2 is 0.514 bits per heavy atom. The van der Waals surface area contributed by atoms with E-state index in [0.717, 1.165) is 34.1 Å². The predicted octanol–water partition coefficient (Wildman–Crippen LogP) is 18.5. The van der Waals surface area contributed by atoms with Crippen molar-refractivity contribution >= 4 is 77.2 Å². The molecule has 2 heteroatoms. The van der Waals surface area contributed by atoms with E-state index in [9.17, 15) is 0 Å². The monoisotopic (exact) mass is 892 g/mol. The first kappa shape index (κ1) is 40.4. The van der Waals surface area contributed by atoms with Crippen molar-refractivity contribution < 1.29 is 0 Å². The Labute approximate surface area is 409 Å². The molecule has 12 aromatic carbocycles. The molecule has 0 saturated carbocycles. The van der Waals surface area contributed by atoms with Crippen LogP contribution in [0.4, 0.5) is 34.1 Å². The highest BCUT2D eigenvalue weighted by atomic mass is 15.1. The van der Waals surface area contributed by atoms with E-state index in [1.165, 1.54) is 87.6 Å². The molecule has 2 aliphatic carbocycles. The van der Waals surface area contributed by atoms with Gasteiger partial charge in [0.15, 0.2) is 0 Å². The number of anilines is 6. The van der Waals surface area contributed by atoms with Gasteiger partial charge in [0.2, 0.25) is 0 Å². The Morgan fingerprint density at radius 1 is 0.243 bits per heavy atom. The Hall–Kier alpha value is -8.72. The van der Waals surface area contributed by atoms with Crippen LogP contribution in [-0.2, 0) is 10.8 Å². The second kappa shape index (κ2) is 15.4. The van der Waals surface area contributed by atoms with Crippen LogP contribution in [0.5, 0.6) is 0 Å². The summed E-state index contributed by atoms with van der Waals surface area (Å²) in [7, 11) is 0. The van der Waals surface area contributed by atoms with Crippen LogP contribution in [0.2, 0.25) is 0 Å². The van der Waals surface area contributed by atoms with E-state index >= 15 is 0 Å². The second-order valence-electron chi connectivity index (χ2n) is 19.4. The minimum absolute atomic E-state index is 0.605. The smallest absolute Gasteiger partial charge is 0.0543 e. The molecule has 0 N–H and O–H groups in total. The Morgan fingerprint density at radius 3 is 0.857 bits per heavy atom. The molecule has 0 fully saturated rings. The van der Waals surface area contributed by atoms with E-state index in [2.05, 4.69) is 278 Å². The number of hydrogen-bond acceptors (Lipinski definition) is 2. The molecule has 70 heavy (non-hydrogen) atoms. The van der Waals surface area contributed by atoms with Crippen molar-refractivity contribution in [3.63, 3.8) is 0 Å². The number of fused-ring (bicyclic) bond motifs is 14. The lowest BCUT2D eigenvalue weighted by atomic mass is 9.56.